The van der Waals surface area contributed by atoms with E-state index < -0.39 is 0 Å². The third-order valence-electron chi connectivity index (χ3n) is 4.36. The van der Waals surface area contributed by atoms with Gasteiger partial charge in [0.05, 0.1) is 0 Å². The van der Waals surface area contributed by atoms with Crippen LogP contribution in [0.2, 0.25) is 0 Å². The summed E-state index contributed by atoms with van der Waals surface area (Å²) in [6, 6.07) is 12.4. The second kappa shape index (κ2) is 7.48. The number of likely N-dealkylation sites (tertiary alicyclic amines) is 1. The van der Waals surface area contributed by atoms with Gasteiger partial charge in [-0.15, -0.1) is 11.8 Å². The van der Waals surface area contributed by atoms with E-state index in [2.05, 4.69) is 40.5 Å². The van der Waals surface area contributed by atoms with Crippen LogP contribution in [-0.2, 0) is 0 Å². The molecule has 2 fully saturated rings. The van der Waals surface area contributed by atoms with Crippen molar-refractivity contribution in [3.63, 3.8) is 0 Å². The van der Waals surface area contributed by atoms with E-state index >= 15 is 0 Å². The molecule has 1 aliphatic heterocycles. The Hall–Kier alpha value is -0.510. The molecule has 1 aromatic rings. The number of piperidine rings is 1. The van der Waals surface area contributed by atoms with Crippen LogP contribution in [0.5, 0.6) is 0 Å². The average Bonchev–Trinajstić information content (AvgIpc) is 3.32. The first-order valence-corrected chi connectivity index (χ1v) is 9.05. The maximum Gasteiger partial charge on any atom is 0.0221 e. The van der Waals surface area contributed by atoms with Crippen molar-refractivity contribution in [3.8, 4) is 0 Å². The van der Waals surface area contributed by atoms with Crippen LogP contribution >= 0.6 is 11.8 Å². The number of nitrogens with zero attached hydrogens (tertiary/aromatic N) is 1. The Bertz CT molecular complexity index is 391. The summed E-state index contributed by atoms with van der Waals surface area (Å²) < 4.78 is 0. The summed E-state index contributed by atoms with van der Waals surface area (Å²) in [6.07, 6.45) is 6.98. The molecule has 1 atom stereocenters. The Morgan fingerprint density at radius 1 is 1.10 bits per heavy atom. The lowest BCUT2D eigenvalue weighted by atomic mass is 10.0. The molecule has 1 saturated carbocycles. The van der Waals surface area contributed by atoms with E-state index in [9.17, 15) is 0 Å². The zero-order chi connectivity index (χ0) is 13.6. The number of thioether (sulfide) groups is 1. The molecule has 2 aliphatic rings. The van der Waals surface area contributed by atoms with Crippen LogP contribution < -0.4 is 5.32 Å². The number of rotatable bonds is 7. The first-order chi connectivity index (χ1) is 9.92. The second-order valence-electron chi connectivity index (χ2n) is 6.03. The normalized spacial score (nSPS) is 23.9. The van der Waals surface area contributed by atoms with Gasteiger partial charge in [-0.2, -0.15) is 0 Å². The van der Waals surface area contributed by atoms with Crippen molar-refractivity contribution < 1.29 is 0 Å². The molecule has 0 amide bonds. The summed E-state index contributed by atoms with van der Waals surface area (Å²) in [5.41, 5.74) is 0. The molecular formula is C17H26N2S. The van der Waals surface area contributed by atoms with E-state index in [0.29, 0.717) is 0 Å². The molecule has 1 saturated heterocycles. The van der Waals surface area contributed by atoms with Crippen molar-refractivity contribution in [1.82, 2.24) is 10.2 Å². The van der Waals surface area contributed by atoms with Gasteiger partial charge in [0.15, 0.2) is 0 Å². The minimum absolute atomic E-state index is 0.778. The summed E-state index contributed by atoms with van der Waals surface area (Å²) in [6.45, 7) is 3.74. The third-order valence-corrected chi connectivity index (χ3v) is 5.35. The lowest BCUT2D eigenvalue weighted by molar-refractivity contribution is 0.154. The van der Waals surface area contributed by atoms with Gasteiger partial charge < -0.3 is 5.32 Å². The van der Waals surface area contributed by atoms with Gasteiger partial charge in [0.25, 0.3) is 0 Å². The van der Waals surface area contributed by atoms with Crippen molar-refractivity contribution in [1.29, 1.82) is 0 Å². The van der Waals surface area contributed by atoms with Gasteiger partial charge in [0.1, 0.15) is 0 Å². The first-order valence-electron chi connectivity index (χ1n) is 8.07. The van der Waals surface area contributed by atoms with Gasteiger partial charge in [-0.05, 0) is 44.4 Å². The van der Waals surface area contributed by atoms with Gasteiger partial charge >= 0.3 is 0 Å². The Morgan fingerprint density at radius 2 is 1.95 bits per heavy atom. The van der Waals surface area contributed by atoms with Crippen molar-refractivity contribution >= 4 is 11.8 Å². The summed E-state index contributed by atoms with van der Waals surface area (Å²) in [5.74, 6) is 1.21. The maximum absolute atomic E-state index is 3.72. The molecule has 1 heterocycles. The van der Waals surface area contributed by atoms with Crippen molar-refractivity contribution in [2.75, 3.05) is 25.4 Å². The van der Waals surface area contributed by atoms with E-state index in [-0.39, 0.29) is 0 Å². The predicted molar refractivity (Wildman–Crippen MR) is 87.4 cm³/mol. The van der Waals surface area contributed by atoms with Crippen LogP contribution in [0, 0.1) is 0 Å². The molecule has 20 heavy (non-hydrogen) atoms. The van der Waals surface area contributed by atoms with Crippen molar-refractivity contribution in [3.05, 3.63) is 30.3 Å². The molecule has 1 aliphatic carbocycles. The third kappa shape index (κ3) is 4.51. The van der Waals surface area contributed by atoms with Crippen LogP contribution in [0.4, 0.5) is 0 Å². The largest absolute Gasteiger partial charge is 0.312 e. The monoisotopic (exact) mass is 290 g/mol. The lowest BCUT2D eigenvalue weighted by Gasteiger charge is -2.36. The zero-order valence-electron chi connectivity index (χ0n) is 12.3. The fourth-order valence-electron chi connectivity index (χ4n) is 2.97. The van der Waals surface area contributed by atoms with Gasteiger partial charge in [0.2, 0.25) is 0 Å². The van der Waals surface area contributed by atoms with Crippen LogP contribution in [0.15, 0.2) is 35.2 Å². The summed E-state index contributed by atoms with van der Waals surface area (Å²) in [5, 5.41) is 3.72. The van der Waals surface area contributed by atoms with E-state index in [1.54, 1.807) is 0 Å². The molecule has 1 N–H and O–H groups in total. The maximum atomic E-state index is 3.72. The molecule has 1 unspecified atom stereocenters. The molecule has 1 aromatic carbocycles. The van der Waals surface area contributed by atoms with Gasteiger partial charge in [-0.3, -0.25) is 4.90 Å². The Morgan fingerprint density at radius 3 is 2.75 bits per heavy atom. The van der Waals surface area contributed by atoms with Crippen molar-refractivity contribution in [2.45, 2.75) is 49.1 Å². The van der Waals surface area contributed by atoms with E-state index in [1.165, 1.54) is 62.4 Å². The van der Waals surface area contributed by atoms with Crippen LogP contribution in [0.3, 0.4) is 0 Å². The first kappa shape index (κ1) is 14.4. The highest BCUT2D eigenvalue weighted by atomic mass is 32.2. The number of hydrogen-bond donors (Lipinski definition) is 1. The molecule has 3 rings (SSSR count). The highest BCUT2D eigenvalue weighted by Gasteiger charge is 2.26. The van der Waals surface area contributed by atoms with Gasteiger partial charge in [-0.1, -0.05) is 24.6 Å². The lowest BCUT2D eigenvalue weighted by Crippen LogP contribution is -2.46. The van der Waals surface area contributed by atoms with Crippen molar-refractivity contribution in [2.24, 2.45) is 0 Å². The highest BCUT2D eigenvalue weighted by Crippen LogP contribution is 2.22. The minimum atomic E-state index is 0.778. The molecular weight excluding hydrogens is 264 g/mol. The van der Waals surface area contributed by atoms with Gasteiger partial charge in [0, 0.05) is 35.8 Å². The quantitative estimate of drug-likeness (QED) is 0.775. The number of benzene rings is 1. The Balaban J connectivity index is 1.41. The molecule has 0 radical (unpaired) electrons. The smallest absolute Gasteiger partial charge is 0.0221 e. The standard InChI is InChI=1S/C17H26N2S/c1-2-7-17(8-3-1)20-13-12-19-11-5-4-6-16(19)14-18-15-9-10-15/h1-3,7-8,15-16,18H,4-6,9-14H2. The minimum Gasteiger partial charge on any atom is -0.312 e. The van der Waals surface area contributed by atoms with Gasteiger partial charge in [-0.25, -0.2) is 0 Å². The zero-order valence-corrected chi connectivity index (χ0v) is 13.1. The average molecular weight is 290 g/mol. The van der Waals surface area contributed by atoms with Crippen LogP contribution in [-0.4, -0.2) is 42.4 Å². The summed E-state index contributed by atoms with van der Waals surface area (Å²) >= 11 is 1.99. The summed E-state index contributed by atoms with van der Waals surface area (Å²) in [4.78, 5) is 4.12. The highest BCUT2D eigenvalue weighted by molar-refractivity contribution is 7.99. The van der Waals surface area contributed by atoms with E-state index in [1.807, 2.05) is 11.8 Å². The Kier molecular flexibility index (Phi) is 5.40. The Labute approximate surface area is 127 Å². The SMILES string of the molecule is c1ccc(SCCN2CCCCC2CNC2CC2)cc1. The fourth-order valence-corrected chi connectivity index (χ4v) is 3.88. The van der Waals surface area contributed by atoms with Crippen LogP contribution in [0.1, 0.15) is 32.1 Å². The second-order valence-corrected chi connectivity index (χ2v) is 7.20. The summed E-state index contributed by atoms with van der Waals surface area (Å²) in [7, 11) is 0. The number of nitrogens with one attached hydrogen (secondary N) is 1. The molecule has 0 bridgehead atoms. The molecule has 0 spiro atoms. The van der Waals surface area contributed by atoms with Crippen LogP contribution in [0.25, 0.3) is 0 Å². The van der Waals surface area contributed by atoms with E-state index in [4.69, 9.17) is 0 Å². The molecule has 3 heteroatoms. The predicted octanol–water partition coefficient (Wildman–Crippen LogP) is 3.39. The number of hydrogen-bond acceptors (Lipinski definition) is 3. The topological polar surface area (TPSA) is 15.3 Å². The molecule has 110 valence electrons. The fraction of sp³-hybridized carbons (Fsp3) is 0.647. The molecule has 0 aromatic heterocycles. The molecule has 2 nitrogen and oxygen atoms in total. The van der Waals surface area contributed by atoms with E-state index in [0.717, 1.165) is 12.1 Å².